The highest BCUT2D eigenvalue weighted by molar-refractivity contribution is 9.10. The quantitative estimate of drug-likeness (QED) is 0.280. The van der Waals surface area contributed by atoms with Gasteiger partial charge in [-0.15, -0.1) is 0 Å². The molecule has 0 saturated carbocycles. The molecule has 1 aromatic rings. The molecule has 0 spiro atoms. The van der Waals surface area contributed by atoms with Crippen LogP contribution >= 0.6 is 15.9 Å². The number of benzene rings is 1. The molecule has 0 heterocycles. The van der Waals surface area contributed by atoms with Crippen molar-refractivity contribution in [3.8, 4) is 0 Å². The molecule has 0 aliphatic carbocycles. The lowest BCUT2D eigenvalue weighted by molar-refractivity contribution is -0.145. The van der Waals surface area contributed by atoms with Crippen molar-refractivity contribution in [1.82, 2.24) is 0 Å². The molecule has 0 radical (unpaired) electrons. The van der Waals surface area contributed by atoms with E-state index in [1.807, 2.05) is 0 Å². The van der Waals surface area contributed by atoms with Gasteiger partial charge in [-0.2, -0.15) is 4.99 Å². The molecule has 84 valence electrons. The molecular weight excluding hydrogens is 274 g/mol. The van der Waals surface area contributed by atoms with Crippen LogP contribution in [0.3, 0.4) is 0 Å². The third kappa shape index (κ3) is 2.56. The number of ether oxygens (including phenoxy) is 1. The van der Waals surface area contributed by atoms with Crippen molar-refractivity contribution < 1.29 is 14.3 Å². The first kappa shape index (κ1) is 12.6. The normalized spacial score (nSPS) is 13.4. The molecule has 0 aliphatic heterocycles. The summed E-state index contributed by atoms with van der Waals surface area (Å²) in [6, 6.07) is 8.63. The first-order chi connectivity index (χ1) is 7.65. The van der Waals surface area contributed by atoms with Crippen LogP contribution in [0.15, 0.2) is 35.3 Å². The SMILES string of the molecule is CCOC(=O)C(Br)(N=C=O)c1ccccc1. The molecule has 16 heavy (non-hydrogen) atoms. The number of esters is 1. The Morgan fingerprint density at radius 2 is 2.12 bits per heavy atom. The zero-order valence-electron chi connectivity index (χ0n) is 8.64. The Morgan fingerprint density at radius 3 is 2.62 bits per heavy atom. The molecule has 0 amide bonds. The predicted octanol–water partition coefficient (Wildman–Crippen LogP) is 2.13. The average Bonchev–Trinajstić information content (AvgIpc) is 2.30. The van der Waals surface area contributed by atoms with Crippen molar-refractivity contribution in [2.45, 2.75) is 11.4 Å². The molecule has 0 fully saturated rings. The van der Waals surface area contributed by atoms with Crippen LogP contribution < -0.4 is 0 Å². The van der Waals surface area contributed by atoms with Gasteiger partial charge in [-0.1, -0.05) is 30.3 Å². The van der Waals surface area contributed by atoms with Gasteiger partial charge in [0.05, 0.1) is 6.61 Å². The van der Waals surface area contributed by atoms with Gasteiger partial charge in [-0.25, -0.2) is 9.59 Å². The number of nitrogens with zero attached hydrogens (tertiary/aromatic N) is 1. The number of hydrogen-bond acceptors (Lipinski definition) is 4. The standard InChI is InChI=1S/C11H10BrNO3/c1-2-16-10(15)11(12,13-8-14)9-6-4-3-5-7-9/h3-7H,2H2,1H3. The molecule has 0 N–H and O–H groups in total. The Morgan fingerprint density at radius 1 is 1.50 bits per heavy atom. The van der Waals surface area contributed by atoms with E-state index < -0.39 is 10.4 Å². The second-order valence-electron chi connectivity index (χ2n) is 2.91. The summed E-state index contributed by atoms with van der Waals surface area (Å²) in [4.78, 5) is 25.6. The van der Waals surface area contributed by atoms with E-state index in [9.17, 15) is 9.59 Å². The van der Waals surface area contributed by atoms with E-state index >= 15 is 0 Å². The zero-order chi connectivity index (χ0) is 12.0. The number of rotatable bonds is 4. The molecule has 1 rings (SSSR count). The monoisotopic (exact) mass is 283 g/mol. The van der Waals surface area contributed by atoms with Crippen LogP contribution in [0.25, 0.3) is 0 Å². The van der Waals surface area contributed by atoms with Crippen LogP contribution in [-0.2, 0) is 18.8 Å². The summed E-state index contributed by atoms with van der Waals surface area (Å²) in [5.41, 5.74) is 0.525. The summed E-state index contributed by atoms with van der Waals surface area (Å²) in [7, 11) is 0. The number of carbonyl (C=O) groups excluding carboxylic acids is 2. The third-order valence-corrected chi connectivity index (χ3v) is 2.86. The van der Waals surface area contributed by atoms with Gasteiger partial charge in [0.1, 0.15) is 0 Å². The predicted molar refractivity (Wildman–Crippen MR) is 61.8 cm³/mol. The van der Waals surface area contributed by atoms with Crippen molar-refractivity contribution in [2.75, 3.05) is 6.61 Å². The summed E-state index contributed by atoms with van der Waals surface area (Å²) < 4.78 is 3.36. The van der Waals surface area contributed by atoms with Gasteiger partial charge in [0.25, 0.3) is 0 Å². The second kappa shape index (κ2) is 5.58. The van der Waals surface area contributed by atoms with Gasteiger partial charge in [0.15, 0.2) is 0 Å². The van der Waals surface area contributed by atoms with Crippen molar-refractivity contribution in [2.24, 2.45) is 4.99 Å². The molecule has 0 aromatic heterocycles. The van der Waals surface area contributed by atoms with Crippen molar-refractivity contribution in [3.05, 3.63) is 35.9 Å². The maximum Gasteiger partial charge on any atom is 0.350 e. The summed E-state index contributed by atoms with van der Waals surface area (Å²) >= 11 is 3.12. The van der Waals surface area contributed by atoms with Gasteiger partial charge in [0, 0.05) is 5.56 Å². The molecule has 1 atom stereocenters. The first-order valence-corrected chi connectivity index (χ1v) is 5.45. The van der Waals surface area contributed by atoms with Crippen LogP contribution in [0.5, 0.6) is 0 Å². The fourth-order valence-electron chi connectivity index (χ4n) is 1.18. The van der Waals surface area contributed by atoms with Crippen molar-refractivity contribution in [1.29, 1.82) is 0 Å². The van der Waals surface area contributed by atoms with Gasteiger partial charge < -0.3 is 4.74 Å². The Hall–Kier alpha value is -1.45. The van der Waals surface area contributed by atoms with Gasteiger partial charge >= 0.3 is 5.97 Å². The van der Waals surface area contributed by atoms with Gasteiger partial charge in [-0.05, 0) is 22.9 Å². The van der Waals surface area contributed by atoms with Crippen LogP contribution in [0.1, 0.15) is 12.5 Å². The molecule has 0 saturated heterocycles. The summed E-state index contributed by atoms with van der Waals surface area (Å²) in [6.45, 7) is 1.90. The molecule has 5 heteroatoms. The third-order valence-electron chi connectivity index (χ3n) is 1.90. The molecule has 0 aliphatic rings. The minimum atomic E-state index is -1.49. The summed E-state index contributed by atoms with van der Waals surface area (Å²) in [5, 5.41) is 0. The fraction of sp³-hybridized carbons (Fsp3) is 0.273. The highest BCUT2D eigenvalue weighted by Gasteiger charge is 2.39. The highest BCUT2D eigenvalue weighted by atomic mass is 79.9. The number of isocyanates is 1. The zero-order valence-corrected chi connectivity index (χ0v) is 10.2. The van der Waals surface area contributed by atoms with Crippen molar-refractivity contribution in [3.63, 3.8) is 0 Å². The lowest BCUT2D eigenvalue weighted by Gasteiger charge is -2.19. The fourth-order valence-corrected chi connectivity index (χ4v) is 1.63. The Bertz CT molecular complexity index is 414. The smallest absolute Gasteiger partial charge is 0.350 e. The van der Waals surface area contributed by atoms with Crippen LogP contribution in [0.2, 0.25) is 0 Å². The Labute approximate surface area is 101 Å². The minimum Gasteiger partial charge on any atom is -0.463 e. The van der Waals surface area contributed by atoms with E-state index in [-0.39, 0.29) is 6.61 Å². The van der Waals surface area contributed by atoms with Crippen LogP contribution in [0.4, 0.5) is 0 Å². The van der Waals surface area contributed by atoms with E-state index in [1.165, 1.54) is 6.08 Å². The summed E-state index contributed by atoms with van der Waals surface area (Å²) in [6.07, 6.45) is 1.37. The number of alkyl halides is 1. The first-order valence-electron chi connectivity index (χ1n) is 4.66. The minimum absolute atomic E-state index is 0.216. The van der Waals surface area contributed by atoms with Crippen LogP contribution in [-0.4, -0.2) is 18.7 Å². The maximum atomic E-state index is 11.7. The Balaban J connectivity index is 3.16. The number of hydrogen-bond donors (Lipinski definition) is 0. The van der Waals surface area contributed by atoms with E-state index in [0.717, 1.165) is 0 Å². The Kier molecular flexibility index (Phi) is 4.40. The van der Waals surface area contributed by atoms with Gasteiger partial charge in [-0.3, -0.25) is 0 Å². The molecular formula is C11H10BrNO3. The largest absolute Gasteiger partial charge is 0.463 e. The average molecular weight is 284 g/mol. The van der Waals surface area contributed by atoms with E-state index in [0.29, 0.717) is 5.56 Å². The molecule has 4 nitrogen and oxygen atoms in total. The topological polar surface area (TPSA) is 55.7 Å². The maximum absolute atomic E-state index is 11.7. The lowest BCUT2D eigenvalue weighted by Crippen LogP contribution is -2.29. The number of halogens is 1. The van der Waals surface area contributed by atoms with Crippen molar-refractivity contribution >= 4 is 28.0 Å². The van der Waals surface area contributed by atoms with E-state index in [2.05, 4.69) is 20.9 Å². The summed E-state index contributed by atoms with van der Waals surface area (Å²) in [5.74, 6) is -0.635. The lowest BCUT2D eigenvalue weighted by atomic mass is 10.1. The molecule has 1 unspecified atom stereocenters. The highest BCUT2D eigenvalue weighted by Crippen LogP contribution is 2.33. The van der Waals surface area contributed by atoms with E-state index in [4.69, 9.17) is 4.74 Å². The van der Waals surface area contributed by atoms with Gasteiger partial charge in [0.2, 0.25) is 10.5 Å². The molecule has 0 bridgehead atoms. The van der Waals surface area contributed by atoms with E-state index in [1.54, 1.807) is 37.3 Å². The number of aliphatic imine (C=N–C) groups is 1. The van der Waals surface area contributed by atoms with Crippen LogP contribution in [0, 0.1) is 0 Å². The number of carbonyl (C=O) groups is 1. The second-order valence-corrected chi connectivity index (χ2v) is 4.06. The molecule has 1 aromatic carbocycles.